The van der Waals surface area contributed by atoms with Gasteiger partial charge in [-0.25, -0.2) is 8.78 Å². The van der Waals surface area contributed by atoms with E-state index in [1.165, 1.54) is 30.3 Å². The molecule has 140 valence electrons. The summed E-state index contributed by atoms with van der Waals surface area (Å²) in [5, 5.41) is 2.23. The molecule has 4 nitrogen and oxygen atoms in total. The van der Waals surface area contributed by atoms with Crippen molar-refractivity contribution in [2.24, 2.45) is 0 Å². The van der Waals surface area contributed by atoms with Crippen LogP contribution in [0.15, 0.2) is 48.5 Å². The maximum atomic E-state index is 13.4. The molecule has 0 unspecified atom stereocenters. The van der Waals surface area contributed by atoms with Gasteiger partial charge >= 0.3 is 18.3 Å². The maximum Gasteiger partial charge on any atom is 0.383 e. The summed E-state index contributed by atoms with van der Waals surface area (Å²) in [4.78, 5) is 27.1. The lowest BCUT2D eigenvalue weighted by atomic mass is 10.1. The first-order valence-electron chi connectivity index (χ1n) is 7.60. The molecule has 9 heteroatoms. The maximum absolute atomic E-state index is 13.4. The van der Waals surface area contributed by atoms with Crippen LogP contribution in [-0.4, -0.2) is 29.0 Å². The number of aromatic amines is 1. The third-order valence-electron chi connectivity index (χ3n) is 3.84. The van der Waals surface area contributed by atoms with Crippen molar-refractivity contribution in [3.63, 3.8) is 0 Å². The molecule has 0 fully saturated rings. The molecule has 0 saturated carbocycles. The molecule has 0 saturated heterocycles. The van der Waals surface area contributed by atoms with E-state index in [0.29, 0.717) is 5.02 Å². The van der Waals surface area contributed by atoms with Crippen LogP contribution in [0.3, 0.4) is 0 Å². The summed E-state index contributed by atoms with van der Waals surface area (Å²) in [7, 11) is 0. The Hall–Kier alpha value is -2.87. The third-order valence-corrected chi connectivity index (χ3v) is 4.07. The van der Waals surface area contributed by atoms with E-state index in [2.05, 4.69) is 4.98 Å². The van der Waals surface area contributed by atoms with Crippen LogP contribution in [0.2, 0.25) is 5.02 Å². The minimum atomic E-state index is -4.91. The fourth-order valence-corrected chi connectivity index (χ4v) is 2.67. The Labute approximate surface area is 155 Å². The number of benzene rings is 2. The summed E-state index contributed by atoms with van der Waals surface area (Å²) < 4.78 is 51.7. The Morgan fingerprint density at radius 3 is 2.37 bits per heavy atom. The van der Waals surface area contributed by atoms with Gasteiger partial charge in [0.1, 0.15) is 5.69 Å². The van der Waals surface area contributed by atoms with E-state index < -0.39 is 24.0 Å². The van der Waals surface area contributed by atoms with Crippen LogP contribution in [-0.2, 0) is 4.79 Å². The first kappa shape index (κ1) is 18.9. The number of rotatable bonds is 5. The van der Waals surface area contributed by atoms with Gasteiger partial charge in [-0.3, -0.25) is 9.59 Å². The van der Waals surface area contributed by atoms with Gasteiger partial charge in [0, 0.05) is 21.5 Å². The number of ketones is 1. The van der Waals surface area contributed by atoms with Gasteiger partial charge in [0.05, 0.1) is 5.69 Å². The number of hydrogen-bond donors (Lipinski definition) is 2. The minimum absolute atomic E-state index is 0.178. The smallest absolute Gasteiger partial charge is 0.350 e. The van der Waals surface area contributed by atoms with Gasteiger partial charge in [0.15, 0.2) is 0 Å². The first-order chi connectivity index (χ1) is 12.7. The second-order valence-electron chi connectivity index (χ2n) is 5.64. The van der Waals surface area contributed by atoms with Crippen LogP contribution in [0.25, 0.3) is 10.9 Å². The number of carbonyl (C=O) groups excluding carboxylic acids is 2. The summed E-state index contributed by atoms with van der Waals surface area (Å²) in [6, 6.07) is 12.0. The first-order valence-corrected chi connectivity index (χ1v) is 7.98. The van der Waals surface area contributed by atoms with E-state index in [1.54, 1.807) is 23.5 Å². The van der Waals surface area contributed by atoms with Gasteiger partial charge in [0.2, 0.25) is 5.78 Å². The zero-order chi connectivity index (χ0) is 19.8. The molecule has 1 heterocycles. The number of carbonyl (C=O) groups is 2. The number of H-pyrrole nitrogens is 1. The lowest BCUT2D eigenvalue weighted by molar-refractivity contribution is -0.163. The predicted octanol–water partition coefficient (Wildman–Crippen LogP) is 4.89. The Bertz CT molecular complexity index is 1020. The summed E-state index contributed by atoms with van der Waals surface area (Å²) in [5.41, 5.74) is -0.0542. The second kappa shape index (κ2) is 7.03. The molecule has 2 aromatic carbocycles. The number of halogens is 5. The number of aromatic nitrogens is 1. The Kier molecular flexibility index (Phi) is 4.93. The Balaban J connectivity index is 2.12. The van der Waals surface area contributed by atoms with Crippen LogP contribution in [0.1, 0.15) is 16.1 Å². The summed E-state index contributed by atoms with van der Waals surface area (Å²) in [5.74, 6) is -7.74. The molecule has 0 aliphatic rings. The quantitative estimate of drug-likeness (QED) is 0.475. The van der Waals surface area contributed by atoms with Crippen LogP contribution < -0.4 is 5.32 Å². The lowest BCUT2D eigenvalue weighted by Crippen LogP contribution is -2.41. The van der Waals surface area contributed by atoms with Gasteiger partial charge in [-0.05, 0) is 18.2 Å². The van der Waals surface area contributed by atoms with Gasteiger partial charge in [0.25, 0.3) is 0 Å². The monoisotopic (exact) mass is 398 g/mol. The molecular weight excluding hydrogens is 388 g/mol. The third kappa shape index (κ3) is 3.52. The van der Waals surface area contributed by atoms with E-state index >= 15 is 0 Å². The van der Waals surface area contributed by atoms with Crippen LogP contribution in [0, 0.1) is 0 Å². The standard InChI is InChI=1S/C18H11ClF4N2O2/c19-10-6-7-11-12(8-10)24-14(15(26)9-4-2-1-3-5-9)13(11)25-17(27)18(22,23)16(20)21/h1-8,16,24H,(H,25,27). The molecule has 0 bridgehead atoms. The van der Waals surface area contributed by atoms with Crippen molar-refractivity contribution in [3.8, 4) is 0 Å². The fraction of sp³-hybridized carbons (Fsp3) is 0.111. The molecule has 0 aliphatic carbocycles. The number of alkyl halides is 4. The molecule has 27 heavy (non-hydrogen) atoms. The highest BCUT2D eigenvalue weighted by molar-refractivity contribution is 6.31. The molecule has 2 N–H and O–H groups in total. The molecule has 0 aliphatic heterocycles. The SMILES string of the molecule is O=C(c1ccccc1)c1[nH]c2cc(Cl)ccc2c1NC(=O)C(F)(F)C(F)F. The normalized spacial score (nSPS) is 11.8. The average Bonchev–Trinajstić information content (AvgIpc) is 2.99. The van der Waals surface area contributed by atoms with E-state index in [0.717, 1.165) is 0 Å². The summed E-state index contributed by atoms with van der Waals surface area (Å²) >= 11 is 5.89. The largest absolute Gasteiger partial charge is 0.383 e. The highest BCUT2D eigenvalue weighted by atomic mass is 35.5. The van der Waals surface area contributed by atoms with Crippen LogP contribution in [0.4, 0.5) is 23.2 Å². The summed E-state index contributed by atoms with van der Waals surface area (Å²) in [6.45, 7) is 0. The number of amides is 1. The van der Waals surface area contributed by atoms with Gasteiger partial charge in [-0.15, -0.1) is 0 Å². The van der Waals surface area contributed by atoms with Crippen molar-refractivity contribution in [1.29, 1.82) is 0 Å². The van der Waals surface area contributed by atoms with Gasteiger partial charge in [-0.2, -0.15) is 8.78 Å². The predicted molar refractivity (Wildman–Crippen MR) is 92.8 cm³/mol. The number of anilines is 1. The van der Waals surface area contributed by atoms with Crippen molar-refractivity contribution in [2.45, 2.75) is 12.3 Å². The molecule has 1 aromatic heterocycles. The fourth-order valence-electron chi connectivity index (χ4n) is 2.50. The zero-order valence-corrected chi connectivity index (χ0v) is 14.2. The van der Waals surface area contributed by atoms with E-state index in [9.17, 15) is 27.2 Å². The Morgan fingerprint density at radius 1 is 1.07 bits per heavy atom. The zero-order valence-electron chi connectivity index (χ0n) is 13.4. The van der Waals surface area contributed by atoms with E-state index in [1.807, 2.05) is 0 Å². The minimum Gasteiger partial charge on any atom is -0.350 e. The molecule has 0 atom stereocenters. The van der Waals surface area contributed by atoms with Crippen molar-refractivity contribution in [3.05, 3.63) is 64.8 Å². The van der Waals surface area contributed by atoms with Crippen molar-refractivity contribution in [2.75, 3.05) is 5.32 Å². The molecule has 3 rings (SSSR count). The highest BCUT2D eigenvalue weighted by Gasteiger charge is 2.49. The molecule has 3 aromatic rings. The molecular formula is C18H11ClF4N2O2. The topological polar surface area (TPSA) is 62.0 Å². The van der Waals surface area contributed by atoms with Crippen molar-refractivity contribution >= 4 is 39.9 Å². The molecule has 1 amide bonds. The van der Waals surface area contributed by atoms with E-state index in [4.69, 9.17) is 11.6 Å². The van der Waals surface area contributed by atoms with Crippen molar-refractivity contribution in [1.82, 2.24) is 4.98 Å². The van der Waals surface area contributed by atoms with Crippen LogP contribution in [0.5, 0.6) is 0 Å². The lowest BCUT2D eigenvalue weighted by Gasteiger charge is -2.15. The van der Waals surface area contributed by atoms with Crippen LogP contribution >= 0.6 is 11.6 Å². The average molecular weight is 399 g/mol. The Morgan fingerprint density at radius 2 is 1.74 bits per heavy atom. The van der Waals surface area contributed by atoms with Crippen molar-refractivity contribution < 1.29 is 27.2 Å². The number of nitrogens with one attached hydrogen (secondary N) is 2. The highest BCUT2D eigenvalue weighted by Crippen LogP contribution is 2.33. The van der Waals surface area contributed by atoms with Gasteiger partial charge in [-0.1, -0.05) is 41.9 Å². The second-order valence-corrected chi connectivity index (χ2v) is 6.07. The number of fused-ring (bicyclic) bond motifs is 1. The molecule has 0 radical (unpaired) electrons. The molecule has 0 spiro atoms. The number of hydrogen-bond acceptors (Lipinski definition) is 2. The summed E-state index contributed by atoms with van der Waals surface area (Å²) in [6.07, 6.45) is -4.19. The van der Waals surface area contributed by atoms with E-state index in [-0.39, 0.29) is 27.8 Å². The van der Waals surface area contributed by atoms with Gasteiger partial charge < -0.3 is 10.3 Å².